The number of ether oxygens (including phenoxy) is 1. The Hall–Kier alpha value is -2.63. The summed E-state index contributed by atoms with van der Waals surface area (Å²) in [5.41, 5.74) is 5.79. The lowest BCUT2D eigenvalue weighted by Gasteiger charge is -2.08. The van der Waals surface area contributed by atoms with Gasteiger partial charge in [-0.25, -0.2) is 10.4 Å². The Morgan fingerprint density at radius 3 is 2.78 bits per heavy atom. The van der Waals surface area contributed by atoms with E-state index >= 15 is 0 Å². The molecule has 0 aliphatic heterocycles. The second-order valence-corrected chi connectivity index (χ2v) is 6.85. The standard InChI is InChI=1S/C20H17Cl2N3O2/c1-12-3-4-14-9-15(20(22)24-17(14)7-12)10-23-25-19(26)11-27-18-6-5-16(21)8-13(18)2/h3-10H,11H2,1-2H3,(H,25,26)/b23-10-. The molecular weight excluding hydrogens is 385 g/mol. The van der Waals surface area contributed by atoms with Gasteiger partial charge in [0.1, 0.15) is 10.9 Å². The molecule has 0 spiro atoms. The molecule has 0 fully saturated rings. The molecule has 1 amide bonds. The van der Waals surface area contributed by atoms with E-state index in [2.05, 4.69) is 15.5 Å². The van der Waals surface area contributed by atoms with E-state index in [9.17, 15) is 4.79 Å². The monoisotopic (exact) mass is 401 g/mol. The molecule has 1 N–H and O–H groups in total. The summed E-state index contributed by atoms with van der Waals surface area (Å²) in [5, 5.41) is 5.80. The number of benzene rings is 2. The van der Waals surface area contributed by atoms with Crippen LogP contribution in [0, 0.1) is 13.8 Å². The zero-order chi connectivity index (χ0) is 19.4. The van der Waals surface area contributed by atoms with Crippen LogP contribution in [0.1, 0.15) is 16.7 Å². The van der Waals surface area contributed by atoms with Crippen LogP contribution in [0.5, 0.6) is 5.75 Å². The van der Waals surface area contributed by atoms with Gasteiger partial charge in [-0.05, 0) is 55.3 Å². The van der Waals surface area contributed by atoms with Gasteiger partial charge >= 0.3 is 0 Å². The predicted molar refractivity (Wildman–Crippen MR) is 109 cm³/mol. The number of carbonyl (C=O) groups is 1. The van der Waals surface area contributed by atoms with Gasteiger partial charge in [0.2, 0.25) is 0 Å². The van der Waals surface area contributed by atoms with Crippen molar-refractivity contribution in [3.63, 3.8) is 0 Å². The average molecular weight is 402 g/mol. The first kappa shape index (κ1) is 19.1. The van der Waals surface area contributed by atoms with Gasteiger partial charge in [0.25, 0.3) is 5.91 Å². The van der Waals surface area contributed by atoms with Gasteiger partial charge in [-0.1, -0.05) is 35.3 Å². The summed E-state index contributed by atoms with van der Waals surface area (Å²) in [7, 11) is 0. The smallest absolute Gasteiger partial charge is 0.277 e. The SMILES string of the molecule is Cc1ccc2cc(/C=N\NC(=O)COc3ccc(Cl)cc3C)c(Cl)nc2c1. The van der Waals surface area contributed by atoms with Crippen LogP contribution in [-0.2, 0) is 4.79 Å². The van der Waals surface area contributed by atoms with Crippen LogP contribution in [0.25, 0.3) is 10.9 Å². The van der Waals surface area contributed by atoms with Crippen molar-refractivity contribution in [3.8, 4) is 5.75 Å². The molecule has 1 heterocycles. The van der Waals surface area contributed by atoms with Crippen LogP contribution in [-0.4, -0.2) is 23.7 Å². The normalized spacial score (nSPS) is 11.1. The van der Waals surface area contributed by atoms with Crippen molar-refractivity contribution in [2.75, 3.05) is 6.61 Å². The average Bonchev–Trinajstić information content (AvgIpc) is 2.61. The van der Waals surface area contributed by atoms with Crippen molar-refractivity contribution < 1.29 is 9.53 Å². The van der Waals surface area contributed by atoms with Gasteiger partial charge < -0.3 is 4.74 Å². The number of aryl methyl sites for hydroxylation is 2. The van der Waals surface area contributed by atoms with E-state index in [1.165, 1.54) is 6.21 Å². The lowest BCUT2D eigenvalue weighted by Crippen LogP contribution is -2.24. The predicted octanol–water partition coefficient (Wildman–Crippen LogP) is 4.69. The largest absolute Gasteiger partial charge is 0.483 e. The molecule has 1 aromatic heterocycles. The molecular formula is C20H17Cl2N3O2. The molecule has 3 aromatic rings. The van der Waals surface area contributed by atoms with Crippen molar-refractivity contribution in [2.45, 2.75) is 13.8 Å². The van der Waals surface area contributed by atoms with Crippen LogP contribution >= 0.6 is 23.2 Å². The number of hydrazone groups is 1. The second kappa shape index (κ2) is 8.37. The number of hydrogen-bond acceptors (Lipinski definition) is 4. The fourth-order valence-electron chi connectivity index (χ4n) is 2.48. The van der Waals surface area contributed by atoms with E-state index in [0.29, 0.717) is 21.5 Å². The Bertz CT molecular complexity index is 1040. The number of fused-ring (bicyclic) bond motifs is 1. The van der Waals surface area contributed by atoms with E-state index in [1.54, 1.807) is 18.2 Å². The molecule has 0 saturated carbocycles. The quantitative estimate of drug-likeness (QED) is 0.383. The minimum Gasteiger partial charge on any atom is -0.483 e. The zero-order valence-electron chi connectivity index (χ0n) is 14.8. The first-order chi connectivity index (χ1) is 12.9. The van der Waals surface area contributed by atoms with Gasteiger partial charge in [-0.15, -0.1) is 0 Å². The van der Waals surface area contributed by atoms with Crippen LogP contribution < -0.4 is 10.2 Å². The molecule has 0 aliphatic rings. The summed E-state index contributed by atoms with van der Waals surface area (Å²) in [4.78, 5) is 16.2. The van der Waals surface area contributed by atoms with Gasteiger partial charge in [0, 0.05) is 16.0 Å². The van der Waals surface area contributed by atoms with E-state index in [1.807, 2.05) is 38.1 Å². The number of rotatable bonds is 5. The van der Waals surface area contributed by atoms with E-state index in [0.717, 1.165) is 22.0 Å². The van der Waals surface area contributed by atoms with E-state index < -0.39 is 0 Å². The first-order valence-corrected chi connectivity index (χ1v) is 8.96. The highest BCUT2D eigenvalue weighted by atomic mass is 35.5. The fourth-order valence-corrected chi connectivity index (χ4v) is 2.91. The highest BCUT2D eigenvalue weighted by Crippen LogP contribution is 2.22. The summed E-state index contributed by atoms with van der Waals surface area (Å²) in [6, 6.07) is 13.0. The summed E-state index contributed by atoms with van der Waals surface area (Å²) in [6.07, 6.45) is 1.46. The molecule has 0 saturated heterocycles. The topological polar surface area (TPSA) is 63.6 Å². The minimum atomic E-state index is -0.388. The van der Waals surface area contributed by atoms with E-state index in [-0.39, 0.29) is 12.5 Å². The summed E-state index contributed by atoms with van der Waals surface area (Å²) < 4.78 is 5.47. The third kappa shape index (κ3) is 4.96. The lowest BCUT2D eigenvalue weighted by atomic mass is 10.1. The third-order valence-corrected chi connectivity index (χ3v) is 4.38. The minimum absolute atomic E-state index is 0.164. The number of amides is 1. The molecule has 0 aliphatic carbocycles. The Morgan fingerprint density at radius 2 is 2.00 bits per heavy atom. The van der Waals surface area contributed by atoms with Gasteiger partial charge in [-0.3, -0.25) is 4.79 Å². The molecule has 2 aromatic carbocycles. The van der Waals surface area contributed by atoms with Gasteiger partial charge in [0.05, 0.1) is 11.7 Å². The van der Waals surface area contributed by atoms with Crippen molar-refractivity contribution in [1.29, 1.82) is 0 Å². The van der Waals surface area contributed by atoms with Crippen molar-refractivity contribution >= 4 is 46.2 Å². The zero-order valence-corrected chi connectivity index (χ0v) is 16.3. The van der Waals surface area contributed by atoms with Crippen LogP contribution in [0.4, 0.5) is 0 Å². The molecule has 27 heavy (non-hydrogen) atoms. The molecule has 0 bridgehead atoms. The van der Waals surface area contributed by atoms with Crippen LogP contribution in [0.2, 0.25) is 10.2 Å². The fraction of sp³-hybridized carbons (Fsp3) is 0.150. The molecule has 0 atom stereocenters. The number of pyridine rings is 1. The van der Waals surface area contributed by atoms with E-state index in [4.69, 9.17) is 27.9 Å². The molecule has 5 nitrogen and oxygen atoms in total. The number of hydrogen-bond donors (Lipinski definition) is 1. The number of nitrogens with zero attached hydrogens (tertiary/aromatic N) is 2. The van der Waals surface area contributed by atoms with Crippen LogP contribution in [0.15, 0.2) is 47.6 Å². The maximum absolute atomic E-state index is 11.9. The molecule has 0 unspecified atom stereocenters. The number of carbonyl (C=O) groups excluding carboxylic acids is 1. The Balaban J connectivity index is 1.61. The van der Waals surface area contributed by atoms with Gasteiger partial charge in [-0.2, -0.15) is 5.10 Å². The highest BCUT2D eigenvalue weighted by Gasteiger charge is 2.06. The van der Waals surface area contributed by atoms with Gasteiger partial charge in [0.15, 0.2) is 6.61 Å². The Morgan fingerprint density at radius 1 is 1.19 bits per heavy atom. The maximum atomic E-state index is 11.9. The molecule has 138 valence electrons. The molecule has 7 heteroatoms. The second-order valence-electron chi connectivity index (χ2n) is 6.06. The highest BCUT2D eigenvalue weighted by molar-refractivity contribution is 6.32. The first-order valence-electron chi connectivity index (χ1n) is 8.20. The number of aromatic nitrogens is 1. The Kier molecular flexibility index (Phi) is 5.94. The number of halogens is 2. The lowest BCUT2D eigenvalue weighted by molar-refractivity contribution is -0.123. The molecule has 3 rings (SSSR count). The Labute approximate surface area is 167 Å². The molecule has 0 radical (unpaired) electrons. The summed E-state index contributed by atoms with van der Waals surface area (Å²) in [5.74, 6) is 0.205. The summed E-state index contributed by atoms with van der Waals surface area (Å²) in [6.45, 7) is 3.68. The third-order valence-electron chi connectivity index (χ3n) is 3.84. The number of nitrogens with one attached hydrogen (secondary N) is 1. The maximum Gasteiger partial charge on any atom is 0.277 e. The van der Waals surface area contributed by atoms with Crippen LogP contribution in [0.3, 0.4) is 0 Å². The van der Waals surface area contributed by atoms with Crippen molar-refractivity contribution in [1.82, 2.24) is 10.4 Å². The van der Waals surface area contributed by atoms with Crippen molar-refractivity contribution in [2.24, 2.45) is 5.10 Å². The summed E-state index contributed by atoms with van der Waals surface area (Å²) >= 11 is 12.1. The van der Waals surface area contributed by atoms with Crippen molar-refractivity contribution in [3.05, 3.63) is 69.3 Å².